The normalized spacial score (nSPS) is 11.1. The van der Waals surface area contributed by atoms with Gasteiger partial charge in [-0.05, 0) is 17.7 Å². The number of aromatic nitrogens is 1. The molecule has 3 N–H and O–H groups in total. The molecule has 1 amide bonds. The summed E-state index contributed by atoms with van der Waals surface area (Å²) in [7, 11) is 0. The van der Waals surface area contributed by atoms with Crippen LogP contribution < -0.4 is 11.2 Å². The molecule has 0 saturated carbocycles. The van der Waals surface area contributed by atoms with E-state index in [2.05, 4.69) is 15.5 Å². The van der Waals surface area contributed by atoms with Gasteiger partial charge in [-0.3, -0.25) is 4.79 Å². The molecule has 0 radical (unpaired) electrons. The number of hydrazone groups is 1. The zero-order chi connectivity index (χ0) is 15.5. The Hall–Kier alpha value is -2.73. The van der Waals surface area contributed by atoms with E-state index in [-0.39, 0.29) is 5.91 Å². The number of nitrogens with two attached hydrogens (primary N) is 1. The molecule has 22 heavy (non-hydrogen) atoms. The third-order valence-corrected chi connectivity index (χ3v) is 4.20. The molecule has 6 heteroatoms. The number of aryl methyl sites for hydroxylation is 1. The Kier molecular flexibility index (Phi) is 3.84. The summed E-state index contributed by atoms with van der Waals surface area (Å²) in [6.45, 7) is 1.75. The molecule has 2 aromatic carbocycles. The van der Waals surface area contributed by atoms with Crippen LogP contribution >= 0.6 is 11.3 Å². The van der Waals surface area contributed by atoms with E-state index < -0.39 is 0 Å². The van der Waals surface area contributed by atoms with Gasteiger partial charge in [-0.25, -0.2) is 10.4 Å². The number of rotatable bonds is 3. The number of nitrogen functional groups attached to an aromatic ring is 1. The first kappa shape index (κ1) is 14.2. The van der Waals surface area contributed by atoms with Crippen LogP contribution in [0.4, 0.5) is 5.13 Å². The second-order valence-corrected chi connectivity index (χ2v) is 5.76. The Morgan fingerprint density at radius 2 is 2.05 bits per heavy atom. The first-order chi connectivity index (χ1) is 10.6. The van der Waals surface area contributed by atoms with Crippen LogP contribution in [-0.4, -0.2) is 17.1 Å². The lowest BCUT2D eigenvalue weighted by molar-refractivity contribution is 0.0958. The number of carbonyl (C=O) groups excluding carboxylic acids is 1. The quantitative estimate of drug-likeness (QED) is 0.576. The topological polar surface area (TPSA) is 80.4 Å². The summed E-state index contributed by atoms with van der Waals surface area (Å²) >= 11 is 1.15. The van der Waals surface area contributed by atoms with Crippen molar-refractivity contribution in [1.82, 2.24) is 10.4 Å². The summed E-state index contributed by atoms with van der Waals surface area (Å²) in [5, 5.41) is 6.62. The number of amides is 1. The number of hydrogen-bond donors (Lipinski definition) is 2. The highest BCUT2D eigenvalue weighted by Crippen LogP contribution is 2.19. The van der Waals surface area contributed by atoms with Crippen molar-refractivity contribution in [2.45, 2.75) is 6.92 Å². The van der Waals surface area contributed by atoms with E-state index in [9.17, 15) is 4.79 Å². The van der Waals surface area contributed by atoms with E-state index in [4.69, 9.17) is 5.73 Å². The maximum Gasteiger partial charge on any atom is 0.283 e. The first-order valence-electron chi connectivity index (χ1n) is 6.69. The van der Waals surface area contributed by atoms with Crippen LogP contribution in [0.3, 0.4) is 0 Å². The fraction of sp³-hybridized carbons (Fsp3) is 0.0625. The fourth-order valence-corrected chi connectivity index (χ4v) is 2.93. The molecule has 1 aromatic heterocycles. The largest absolute Gasteiger partial charge is 0.375 e. The number of benzene rings is 2. The van der Waals surface area contributed by atoms with E-state index >= 15 is 0 Å². The molecule has 0 fully saturated rings. The van der Waals surface area contributed by atoms with Gasteiger partial charge in [0, 0.05) is 5.56 Å². The van der Waals surface area contributed by atoms with Crippen LogP contribution in [0.15, 0.2) is 47.6 Å². The van der Waals surface area contributed by atoms with E-state index in [1.165, 1.54) is 0 Å². The van der Waals surface area contributed by atoms with Gasteiger partial charge in [-0.1, -0.05) is 53.8 Å². The van der Waals surface area contributed by atoms with Crippen molar-refractivity contribution in [3.63, 3.8) is 0 Å². The van der Waals surface area contributed by atoms with Crippen molar-refractivity contribution in [3.05, 3.63) is 58.6 Å². The highest BCUT2D eigenvalue weighted by atomic mass is 32.1. The minimum atomic E-state index is -0.303. The SMILES string of the molecule is Cc1nc(N)sc1C(=O)N/N=C\c1cccc2ccccc12. The summed E-state index contributed by atoms with van der Waals surface area (Å²) in [4.78, 5) is 16.5. The molecule has 110 valence electrons. The molecule has 0 unspecified atom stereocenters. The van der Waals surface area contributed by atoms with Crippen molar-refractivity contribution < 1.29 is 4.79 Å². The van der Waals surface area contributed by atoms with Crippen molar-refractivity contribution in [2.24, 2.45) is 5.10 Å². The lowest BCUT2D eigenvalue weighted by Crippen LogP contribution is -2.17. The van der Waals surface area contributed by atoms with Gasteiger partial charge in [0.05, 0.1) is 11.9 Å². The molecular formula is C16H14N4OS. The Balaban J connectivity index is 1.79. The van der Waals surface area contributed by atoms with Crippen LogP contribution in [-0.2, 0) is 0 Å². The maximum absolute atomic E-state index is 12.0. The molecule has 3 aromatic rings. The van der Waals surface area contributed by atoms with Crippen LogP contribution in [0.25, 0.3) is 10.8 Å². The number of nitrogens with one attached hydrogen (secondary N) is 1. The predicted octanol–water partition coefficient (Wildman–Crippen LogP) is 2.95. The molecule has 0 aliphatic heterocycles. The van der Waals surface area contributed by atoms with E-state index in [1.807, 2.05) is 42.5 Å². The van der Waals surface area contributed by atoms with E-state index in [0.717, 1.165) is 27.7 Å². The standard InChI is InChI=1S/C16H14N4OS/c1-10-14(22-16(17)19-10)15(21)20-18-9-12-7-4-6-11-5-2-3-8-13(11)12/h2-9H,1H3,(H2,17,19)(H,20,21)/b18-9-. The third-order valence-electron chi connectivity index (χ3n) is 3.21. The predicted molar refractivity (Wildman–Crippen MR) is 90.3 cm³/mol. The molecule has 3 rings (SSSR count). The van der Waals surface area contributed by atoms with Gasteiger partial charge in [0.1, 0.15) is 4.88 Å². The molecule has 5 nitrogen and oxygen atoms in total. The minimum absolute atomic E-state index is 0.303. The minimum Gasteiger partial charge on any atom is -0.375 e. The smallest absolute Gasteiger partial charge is 0.283 e. The van der Waals surface area contributed by atoms with Gasteiger partial charge >= 0.3 is 0 Å². The highest BCUT2D eigenvalue weighted by molar-refractivity contribution is 7.17. The number of thiazole rings is 1. The molecule has 0 spiro atoms. The lowest BCUT2D eigenvalue weighted by Gasteiger charge is -2.01. The van der Waals surface area contributed by atoms with Gasteiger partial charge < -0.3 is 5.73 Å². The second-order valence-electron chi connectivity index (χ2n) is 4.73. The lowest BCUT2D eigenvalue weighted by atomic mass is 10.1. The van der Waals surface area contributed by atoms with Gasteiger partial charge in [-0.15, -0.1) is 0 Å². The van der Waals surface area contributed by atoms with Gasteiger partial charge in [0.15, 0.2) is 5.13 Å². The molecule has 0 aliphatic rings. The van der Waals surface area contributed by atoms with Crippen LogP contribution in [0.5, 0.6) is 0 Å². The summed E-state index contributed by atoms with van der Waals surface area (Å²) in [6, 6.07) is 14.0. The Morgan fingerprint density at radius 3 is 2.82 bits per heavy atom. The average Bonchev–Trinajstić information content (AvgIpc) is 2.86. The van der Waals surface area contributed by atoms with Gasteiger partial charge in [-0.2, -0.15) is 5.10 Å². The van der Waals surface area contributed by atoms with E-state index in [0.29, 0.717) is 15.7 Å². The number of carbonyl (C=O) groups is 1. The summed E-state index contributed by atoms with van der Waals surface area (Å²) in [6.07, 6.45) is 1.64. The summed E-state index contributed by atoms with van der Waals surface area (Å²) < 4.78 is 0. The number of fused-ring (bicyclic) bond motifs is 1. The van der Waals surface area contributed by atoms with Crippen LogP contribution in [0, 0.1) is 6.92 Å². The number of anilines is 1. The van der Waals surface area contributed by atoms with Crippen molar-refractivity contribution in [1.29, 1.82) is 0 Å². The van der Waals surface area contributed by atoms with Crippen LogP contribution in [0.1, 0.15) is 20.9 Å². The van der Waals surface area contributed by atoms with Crippen LogP contribution in [0.2, 0.25) is 0 Å². The zero-order valence-corrected chi connectivity index (χ0v) is 12.7. The third kappa shape index (κ3) is 2.82. The monoisotopic (exact) mass is 310 g/mol. The fourth-order valence-electron chi connectivity index (χ4n) is 2.20. The molecule has 0 atom stereocenters. The zero-order valence-electron chi connectivity index (χ0n) is 11.9. The number of nitrogens with zero attached hydrogens (tertiary/aromatic N) is 2. The van der Waals surface area contributed by atoms with Crippen molar-refractivity contribution in [2.75, 3.05) is 5.73 Å². The van der Waals surface area contributed by atoms with E-state index in [1.54, 1.807) is 13.1 Å². The average molecular weight is 310 g/mol. The molecular weight excluding hydrogens is 296 g/mol. The summed E-state index contributed by atoms with van der Waals surface area (Å²) in [5.74, 6) is -0.303. The Morgan fingerprint density at radius 1 is 1.27 bits per heavy atom. The second kappa shape index (κ2) is 5.95. The van der Waals surface area contributed by atoms with Crippen molar-refractivity contribution in [3.8, 4) is 0 Å². The molecule has 0 saturated heterocycles. The number of hydrogen-bond acceptors (Lipinski definition) is 5. The summed E-state index contributed by atoms with van der Waals surface area (Å²) in [5.41, 5.74) is 9.65. The molecule has 0 aliphatic carbocycles. The molecule has 1 heterocycles. The van der Waals surface area contributed by atoms with Crippen molar-refractivity contribution >= 4 is 39.4 Å². The van der Waals surface area contributed by atoms with Gasteiger partial charge in [0.25, 0.3) is 5.91 Å². The Labute approximate surface area is 131 Å². The molecule has 0 bridgehead atoms. The van der Waals surface area contributed by atoms with Gasteiger partial charge in [0.2, 0.25) is 0 Å². The maximum atomic E-state index is 12.0. The highest BCUT2D eigenvalue weighted by Gasteiger charge is 2.13. The Bertz CT molecular complexity index is 864. The first-order valence-corrected chi connectivity index (χ1v) is 7.51.